The molecular formula is C17H19ClN4O4S. The van der Waals surface area contributed by atoms with E-state index in [1.165, 1.54) is 4.57 Å². The van der Waals surface area contributed by atoms with Crippen LogP contribution in [0.3, 0.4) is 0 Å². The van der Waals surface area contributed by atoms with Crippen LogP contribution in [0.5, 0.6) is 0 Å². The number of fused-ring (bicyclic) bond motifs is 1. The molecule has 2 heterocycles. The number of benzene rings is 1. The summed E-state index contributed by atoms with van der Waals surface area (Å²) >= 11 is 7.09. The number of urea groups is 1. The van der Waals surface area contributed by atoms with Crippen molar-refractivity contribution in [3.8, 4) is 0 Å². The van der Waals surface area contributed by atoms with E-state index in [0.717, 1.165) is 24.6 Å². The van der Waals surface area contributed by atoms with Gasteiger partial charge in [-0.2, -0.15) is 0 Å². The number of nitrogens with two attached hydrogens (primary N) is 1. The van der Waals surface area contributed by atoms with Crippen molar-refractivity contribution in [3.63, 3.8) is 0 Å². The smallest absolute Gasteiger partial charge is 0.318 e. The number of carbonyl (C=O) groups excluding carboxylic acids is 2. The van der Waals surface area contributed by atoms with Crippen LogP contribution in [0.25, 0.3) is 10.9 Å². The molecule has 1 aliphatic heterocycles. The van der Waals surface area contributed by atoms with Crippen LogP contribution < -0.4 is 16.6 Å². The Hall–Kier alpha value is -2.10. The van der Waals surface area contributed by atoms with E-state index in [4.69, 9.17) is 22.1 Å². The summed E-state index contributed by atoms with van der Waals surface area (Å²) in [6.07, 6.45) is 1.71. The van der Waals surface area contributed by atoms with Crippen molar-refractivity contribution < 1.29 is 14.3 Å². The fourth-order valence-corrected chi connectivity index (χ4v) is 3.94. The average molecular weight is 411 g/mol. The lowest BCUT2D eigenvalue weighted by molar-refractivity contribution is -0.119. The Morgan fingerprint density at radius 2 is 2.30 bits per heavy atom. The van der Waals surface area contributed by atoms with Gasteiger partial charge < -0.3 is 10.5 Å². The van der Waals surface area contributed by atoms with Gasteiger partial charge in [0.05, 0.1) is 28.8 Å². The first-order valence-electron chi connectivity index (χ1n) is 8.44. The van der Waals surface area contributed by atoms with E-state index in [0.29, 0.717) is 34.2 Å². The summed E-state index contributed by atoms with van der Waals surface area (Å²) < 4.78 is 7.16. The van der Waals surface area contributed by atoms with Crippen LogP contribution in [0.2, 0.25) is 5.02 Å². The number of nitrogens with one attached hydrogen (secondary N) is 1. The number of thioether (sulfide) groups is 1. The molecule has 1 aromatic heterocycles. The minimum atomic E-state index is -0.928. The Morgan fingerprint density at radius 1 is 1.52 bits per heavy atom. The Balaban J connectivity index is 2.00. The molecular weight excluding hydrogens is 392 g/mol. The minimum Gasteiger partial charge on any atom is -0.376 e. The Morgan fingerprint density at radius 3 is 2.96 bits per heavy atom. The van der Waals surface area contributed by atoms with Crippen molar-refractivity contribution >= 4 is 46.2 Å². The highest BCUT2D eigenvalue weighted by atomic mass is 35.5. The Labute approximate surface area is 164 Å². The molecule has 0 spiro atoms. The molecule has 1 saturated heterocycles. The highest BCUT2D eigenvalue weighted by Gasteiger charge is 2.23. The zero-order valence-electron chi connectivity index (χ0n) is 14.6. The Bertz CT molecular complexity index is 942. The normalized spacial score (nSPS) is 17.8. The van der Waals surface area contributed by atoms with E-state index in [-0.39, 0.29) is 11.7 Å². The van der Waals surface area contributed by atoms with Crippen LogP contribution >= 0.6 is 23.4 Å². The largest absolute Gasteiger partial charge is 0.376 e. The second kappa shape index (κ2) is 8.28. The van der Waals surface area contributed by atoms with Gasteiger partial charge in [0.15, 0.2) is 5.16 Å². The maximum absolute atomic E-state index is 13.0. The lowest BCUT2D eigenvalue weighted by atomic mass is 10.2. The summed E-state index contributed by atoms with van der Waals surface area (Å²) in [5.41, 5.74) is 5.22. The quantitative estimate of drug-likeness (QED) is 0.574. The van der Waals surface area contributed by atoms with E-state index >= 15 is 0 Å². The van der Waals surface area contributed by atoms with Crippen molar-refractivity contribution in [2.75, 3.05) is 6.61 Å². The summed E-state index contributed by atoms with van der Waals surface area (Å²) in [5.74, 6) is -0.559. The van der Waals surface area contributed by atoms with Gasteiger partial charge in [0.1, 0.15) is 0 Å². The van der Waals surface area contributed by atoms with Crippen LogP contribution in [-0.4, -0.2) is 39.5 Å². The summed E-state index contributed by atoms with van der Waals surface area (Å²) in [4.78, 5) is 40.5. The van der Waals surface area contributed by atoms with Crippen molar-refractivity contribution in [3.05, 3.63) is 33.6 Å². The molecule has 8 nitrogen and oxygen atoms in total. The van der Waals surface area contributed by atoms with Crippen LogP contribution in [-0.2, 0) is 16.1 Å². The molecule has 3 rings (SSSR count). The number of aromatic nitrogens is 2. The maximum atomic E-state index is 13.0. The number of halogens is 1. The van der Waals surface area contributed by atoms with Gasteiger partial charge in [-0.15, -0.1) is 0 Å². The molecule has 1 aliphatic rings. The topological polar surface area (TPSA) is 116 Å². The molecule has 3 N–H and O–H groups in total. The number of ether oxygens (including phenoxy) is 1. The number of primary amides is 1. The van der Waals surface area contributed by atoms with Gasteiger partial charge >= 0.3 is 6.03 Å². The third-order valence-electron chi connectivity index (χ3n) is 4.19. The summed E-state index contributed by atoms with van der Waals surface area (Å²) in [5, 5.41) is 2.61. The fourth-order valence-electron chi connectivity index (χ4n) is 2.85. The molecule has 0 bridgehead atoms. The minimum absolute atomic E-state index is 0.0802. The van der Waals surface area contributed by atoms with E-state index in [9.17, 15) is 14.4 Å². The predicted octanol–water partition coefficient (Wildman–Crippen LogP) is 1.90. The van der Waals surface area contributed by atoms with Crippen LogP contribution in [0, 0.1) is 0 Å². The van der Waals surface area contributed by atoms with Gasteiger partial charge in [0, 0.05) is 11.6 Å². The van der Waals surface area contributed by atoms with Crippen LogP contribution in [0.1, 0.15) is 19.8 Å². The second-order valence-electron chi connectivity index (χ2n) is 6.22. The molecule has 10 heteroatoms. The lowest BCUT2D eigenvalue weighted by Gasteiger charge is -2.18. The standard InChI is InChI=1S/C17H19ClN4O4S/c1-9(14(23)21-16(19)25)27-17-20-13-7-10(18)4-5-12(13)15(24)22(17)8-11-3-2-6-26-11/h4-5,7,9,11H,2-3,6,8H2,1H3,(H3,19,21,23,25)/t9-,11+/m0/s1. The number of imide groups is 1. The van der Waals surface area contributed by atoms with Gasteiger partial charge in [-0.3, -0.25) is 19.5 Å². The number of rotatable bonds is 5. The highest BCUT2D eigenvalue weighted by molar-refractivity contribution is 8.00. The van der Waals surface area contributed by atoms with Gasteiger partial charge in [-0.05, 0) is 38.0 Å². The summed E-state index contributed by atoms with van der Waals surface area (Å²) in [6, 6.07) is 3.95. The number of nitrogens with zero attached hydrogens (tertiary/aromatic N) is 2. The Kier molecular flexibility index (Phi) is 6.03. The number of amides is 3. The third kappa shape index (κ3) is 4.60. The molecule has 0 radical (unpaired) electrons. The van der Waals surface area contributed by atoms with Gasteiger partial charge in [0.25, 0.3) is 5.56 Å². The molecule has 27 heavy (non-hydrogen) atoms. The van der Waals surface area contributed by atoms with Crippen molar-refractivity contribution in [1.29, 1.82) is 0 Å². The zero-order chi connectivity index (χ0) is 19.6. The predicted molar refractivity (Wildman–Crippen MR) is 103 cm³/mol. The van der Waals surface area contributed by atoms with Gasteiger partial charge in [-0.1, -0.05) is 23.4 Å². The third-order valence-corrected chi connectivity index (χ3v) is 5.52. The van der Waals surface area contributed by atoms with E-state index in [1.54, 1.807) is 25.1 Å². The zero-order valence-corrected chi connectivity index (χ0v) is 16.2. The number of hydrogen-bond acceptors (Lipinski definition) is 6. The molecule has 1 aromatic carbocycles. The van der Waals surface area contributed by atoms with Crippen molar-refractivity contribution in [2.24, 2.45) is 5.73 Å². The molecule has 0 unspecified atom stereocenters. The van der Waals surface area contributed by atoms with Crippen LogP contribution in [0.15, 0.2) is 28.2 Å². The second-order valence-corrected chi connectivity index (χ2v) is 7.96. The molecule has 2 aromatic rings. The monoisotopic (exact) mass is 410 g/mol. The SMILES string of the molecule is C[C@H](Sc1nc2cc(Cl)ccc2c(=O)n1C[C@H]1CCCO1)C(=O)NC(N)=O. The van der Waals surface area contributed by atoms with Crippen molar-refractivity contribution in [1.82, 2.24) is 14.9 Å². The lowest BCUT2D eigenvalue weighted by Crippen LogP contribution is -2.39. The first-order chi connectivity index (χ1) is 12.8. The first kappa shape index (κ1) is 19.7. The van der Waals surface area contributed by atoms with E-state index < -0.39 is 17.2 Å². The van der Waals surface area contributed by atoms with Crippen molar-refractivity contribution in [2.45, 2.75) is 42.8 Å². The summed E-state index contributed by atoms with van der Waals surface area (Å²) in [6.45, 7) is 2.61. The van der Waals surface area contributed by atoms with E-state index in [1.807, 2.05) is 5.32 Å². The first-order valence-corrected chi connectivity index (χ1v) is 9.69. The molecule has 144 valence electrons. The van der Waals surface area contributed by atoms with Gasteiger partial charge in [-0.25, -0.2) is 9.78 Å². The highest BCUT2D eigenvalue weighted by Crippen LogP contribution is 2.25. The summed E-state index contributed by atoms with van der Waals surface area (Å²) in [7, 11) is 0. The molecule has 0 saturated carbocycles. The maximum Gasteiger partial charge on any atom is 0.318 e. The average Bonchev–Trinajstić information content (AvgIpc) is 3.10. The van der Waals surface area contributed by atoms with Gasteiger partial charge in [0.2, 0.25) is 5.91 Å². The number of hydrogen-bond donors (Lipinski definition) is 2. The number of carbonyl (C=O) groups is 2. The molecule has 1 fully saturated rings. The molecule has 3 amide bonds. The van der Waals surface area contributed by atoms with Crippen LogP contribution in [0.4, 0.5) is 4.79 Å². The molecule has 2 atom stereocenters. The molecule has 0 aliphatic carbocycles. The van der Waals surface area contributed by atoms with E-state index in [2.05, 4.69) is 4.98 Å². The fraction of sp³-hybridized carbons (Fsp3) is 0.412.